The summed E-state index contributed by atoms with van der Waals surface area (Å²) in [6, 6.07) is 5.18. The maximum atomic E-state index is 6.03. The first kappa shape index (κ1) is 12.0. The summed E-state index contributed by atoms with van der Waals surface area (Å²) >= 11 is 12.0. The van der Waals surface area contributed by atoms with Gasteiger partial charge in [0.05, 0.1) is 24.0 Å². The summed E-state index contributed by atoms with van der Waals surface area (Å²) in [7, 11) is 1.56. The van der Waals surface area contributed by atoms with Crippen LogP contribution in [0.3, 0.4) is 0 Å². The van der Waals surface area contributed by atoms with Crippen LogP contribution in [-0.4, -0.2) is 17.1 Å². The Labute approximate surface area is 108 Å². The molecule has 1 aromatic carbocycles. The van der Waals surface area contributed by atoms with Gasteiger partial charge in [0, 0.05) is 10.6 Å². The number of methoxy groups -OCH3 is 1. The van der Waals surface area contributed by atoms with Crippen molar-refractivity contribution in [1.29, 1.82) is 0 Å². The molecule has 0 radical (unpaired) electrons. The van der Waals surface area contributed by atoms with E-state index >= 15 is 0 Å². The lowest BCUT2D eigenvalue weighted by Crippen LogP contribution is -1.98. The van der Waals surface area contributed by atoms with Gasteiger partial charge in [-0.2, -0.15) is 0 Å². The molecule has 0 spiro atoms. The Hall–Kier alpha value is -1.52. The van der Waals surface area contributed by atoms with E-state index in [-0.39, 0.29) is 5.95 Å². The van der Waals surface area contributed by atoms with E-state index in [1.54, 1.807) is 25.3 Å². The predicted molar refractivity (Wildman–Crippen MR) is 68.5 cm³/mol. The van der Waals surface area contributed by atoms with E-state index in [1.807, 2.05) is 0 Å². The van der Waals surface area contributed by atoms with Gasteiger partial charge in [0.15, 0.2) is 0 Å². The minimum atomic E-state index is 0.145. The SMILES string of the molecule is COc1ccc(Cl)cc1-c1nc(N)ncc1Cl. The van der Waals surface area contributed by atoms with Crippen LogP contribution in [-0.2, 0) is 0 Å². The molecular weight excluding hydrogens is 261 g/mol. The smallest absolute Gasteiger partial charge is 0.220 e. The van der Waals surface area contributed by atoms with Gasteiger partial charge in [-0.05, 0) is 18.2 Å². The maximum Gasteiger partial charge on any atom is 0.220 e. The Balaban J connectivity index is 2.66. The van der Waals surface area contributed by atoms with Crippen LogP contribution in [0.2, 0.25) is 10.0 Å². The number of nitrogens with two attached hydrogens (primary N) is 1. The van der Waals surface area contributed by atoms with Crippen molar-refractivity contribution in [3.8, 4) is 17.0 Å². The summed E-state index contributed by atoms with van der Waals surface area (Å²) in [5.41, 5.74) is 6.72. The highest BCUT2D eigenvalue weighted by atomic mass is 35.5. The first-order valence-electron chi connectivity index (χ1n) is 4.73. The van der Waals surface area contributed by atoms with Gasteiger partial charge in [-0.1, -0.05) is 23.2 Å². The van der Waals surface area contributed by atoms with Gasteiger partial charge in [0.1, 0.15) is 5.75 Å². The van der Waals surface area contributed by atoms with Crippen LogP contribution in [0, 0.1) is 0 Å². The molecule has 1 heterocycles. The fourth-order valence-electron chi connectivity index (χ4n) is 1.43. The standard InChI is InChI=1S/C11H9Cl2N3O/c1-17-9-3-2-6(12)4-7(9)10-8(13)5-15-11(14)16-10/h2-5H,1H3,(H2,14,15,16). The number of ether oxygens (including phenoxy) is 1. The van der Waals surface area contributed by atoms with Crippen LogP contribution in [0.1, 0.15) is 0 Å². The molecule has 0 amide bonds. The maximum absolute atomic E-state index is 6.03. The van der Waals surface area contributed by atoms with Crippen molar-refractivity contribution in [2.24, 2.45) is 0 Å². The largest absolute Gasteiger partial charge is 0.496 e. The Kier molecular flexibility index (Phi) is 3.36. The van der Waals surface area contributed by atoms with Gasteiger partial charge in [0.2, 0.25) is 5.95 Å². The van der Waals surface area contributed by atoms with Crippen LogP contribution < -0.4 is 10.5 Å². The van der Waals surface area contributed by atoms with Crippen LogP contribution in [0.5, 0.6) is 5.75 Å². The van der Waals surface area contributed by atoms with Gasteiger partial charge in [-0.3, -0.25) is 0 Å². The van der Waals surface area contributed by atoms with E-state index in [0.29, 0.717) is 27.1 Å². The minimum absolute atomic E-state index is 0.145. The lowest BCUT2D eigenvalue weighted by Gasteiger charge is -2.09. The highest BCUT2D eigenvalue weighted by molar-refractivity contribution is 6.33. The van der Waals surface area contributed by atoms with Gasteiger partial charge >= 0.3 is 0 Å². The van der Waals surface area contributed by atoms with Crippen molar-refractivity contribution >= 4 is 29.2 Å². The number of benzene rings is 1. The van der Waals surface area contributed by atoms with Crippen molar-refractivity contribution in [3.05, 3.63) is 34.4 Å². The van der Waals surface area contributed by atoms with Crippen LogP contribution in [0.25, 0.3) is 11.3 Å². The molecule has 0 saturated carbocycles. The molecule has 2 rings (SSSR count). The van der Waals surface area contributed by atoms with Crippen molar-refractivity contribution in [2.45, 2.75) is 0 Å². The fraction of sp³-hybridized carbons (Fsp3) is 0.0909. The Morgan fingerprint density at radius 1 is 1.29 bits per heavy atom. The second kappa shape index (κ2) is 4.77. The summed E-state index contributed by atoms with van der Waals surface area (Å²) in [6.07, 6.45) is 1.44. The second-order valence-electron chi connectivity index (χ2n) is 3.27. The number of nitrogen functional groups attached to an aromatic ring is 1. The molecule has 88 valence electrons. The molecule has 0 saturated heterocycles. The first-order chi connectivity index (χ1) is 8.11. The van der Waals surface area contributed by atoms with Crippen molar-refractivity contribution in [1.82, 2.24) is 9.97 Å². The zero-order valence-corrected chi connectivity index (χ0v) is 10.5. The molecule has 2 aromatic rings. The van der Waals surface area contributed by atoms with Crippen molar-refractivity contribution < 1.29 is 4.74 Å². The molecule has 4 nitrogen and oxygen atoms in total. The number of nitrogens with zero attached hydrogens (tertiary/aromatic N) is 2. The number of rotatable bonds is 2. The van der Waals surface area contributed by atoms with Crippen molar-refractivity contribution in [2.75, 3.05) is 12.8 Å². The monoisotopic (exact) mass is 269 g/mol. The summed E-state index contributed by atoms with van der Waals surface area (Å²) in [5.74, 6) is 0.765. The average molecular weight is 270 g/mol. The molecule has 6 heteroatoms. The third-order valence-corrected chi connectivity index (χ3v) is 2.69. The third kappa shape index (κ3) is 2.43. The molecule has 2 N–H and O–H groups in total. The van der Waals surface area contributed by atoms with E-state index < -0.39 is 0 Å². The number of anilines is 1. The summed E-state index contributed by atoms with van der Waals surface area (Å²) in [5, 5.41) is 0.953. The number of halogens is 2. The molecule has 0 aliphatic carbocycles. The Bertz CT molecular complexity index is 560. The van der Waals surface area contributed by atoms with E-state index in [1.165, 1.54) is 6.20 Å². The molecule has 0 aliphatic rings. The van der Waals surface area contributed by atoms with Crippen LogP contribution in [0.4, 0.5) is 5.95 Å². The number of hydrogen-bond acceptors (Lipinski definition) is 4. The second-order valence-corrected chi connectivity index (χ2v) is 4.11. The van der Waals surface area contributed by atoms with Gasteiger partial charge in [-0.25, -0.2) is 9.97 Å². The van der Waals surface area contributed by atoms with E-state index in [4.69, 9.17) is 33.7 Å². The summed E-state index contributed by atoms with van der Waals surface area (Å²) in [4.78, 5) is 7.89. The van der Waals surface area contributed by atoms with Gasteiger partial charge in [-0.15, -0.1) is 0 Å². The summed E-state index contributed by atoms with van der Waals surface area (Å²) < 4.78 is 5.23. The molecule has 0 atom stereocenters. The highest BCUT2D eigenvalue weighted by Crippen LogP contribution is 2.35. The fourth-order valence-corrected chi connectivity index (χ4v) is 1.80. The summed E-state index contributed by atoms with van der Waals surface area (Å²) in [6.45, 7) is 0. The molecule has 17 heavy (non-hydrogen) atoms. The number of aromatic nitrogens is 2. The average Bonchev–Trinajstić information content (AvgIpc) is 2.32. The molecular formula is C11H9Cl2N3O. The normalized spacial score (nSPS) is 10.3. The minimum Gasteiger partial charge on any atom is -0.496 e. The number of hydrogen-bond donors (Lipinski definition) is 1. The molecule has 0 unspecified atom stereocenters. The quantitative estimate of drug-likeness (QED) is 0.911. The molecule has 0 bridgehead atoms. The predicted octanol–water partition coefficient (Wildman–Crippen LogP) is 3.04. The molecule has 0 fully saturated rings. The van der Waals surface area contributed by atoms with E-state index in [0.717, 1.165) is 0 Å². The lowest BCUT2D eigenvalue weighted by molar-refractivity contribution is 0.416. The Morgan fingerprint density at radius 3 is 2.76 bits per heavy atom. The highest BCUT2D eigenvalue weighted by Gasteiger charge is 2.12. The zero-order chi connectivity index (χ0) is 12.4. The third-order valence-electron chi connectivity index (χ3n) is 2.18. The van der Waals surface area contributed by atoms with Crippen molar-refractivity contribution in [3.63, 3.8) is 0 Å². The zero-order valence-electron chi connectivity index (χ0n) is 8.95. The lowest BCUT2D eigenvalue weighted by atomic mass is 10.1. The van der Waals surface area contributed by atoms with Gasteiger partial charge < -0.3 is 10.5 Å². The first-order valence-corrected chi connectivity index (χ1v) is 5.49. The van der Waals surface area contributed by atoms with E-state index in [9.17, 15) is 0 Å². The van der Waals surface area contributed by atoms with Crippen LogP contribution in [0.15, 0.2) is 24.4 Å². The molecule has 0 aliphatic heterocycles. The topological polar surface area (TPSA) is 61.0 Å². The van der Waals surface area contributed by atoms with E-state index in [2.05, 4.69) is 9.97 Å². The molecule has 1 aromatic heterocycles. The Morgan fingerprint density at radius 2 is 2.06 bits per heavy atom. The van der Waals surface area contributed by atoms with Crippen LogP contribution >= 0.6 is 23.2 Å². The van der Waals surface area contributed by atoms with Gasteiger partial charge in [0.25, 0.3) is 0 Å².